The normalized spacial score (nSPS) is 26.5. The first-order valence-corrected chi connectivity index (χ1v) is 16.2. The van der Waals surface area contributed by atoms with Gasteiger partial charge >= 0.3 is 11.9 Å². The van der Waals surface area contributed by atoms with Crippen LogP contribution in [0.4, 0.5) is 0 Å². The molecule has 4 aliphatic rings. The summed E-state index contributed by atoms with van der Waals surface area (Å²) in [6.07, 6.45) is 30.3. The van der Waals surface area contributed by atoms with Crippen LogP contribution in [0, 0.1) is 29.1 Å². The molecule has 4 saturated carbocycles. The molecule has 4 fully saturated rings. The van der Waals surface area contributed by atoms with Crippen LogP contribution in [0.5, 0.6) is 0 Å². The maximum absolute atomic E-state index is 12.6. The summed E-state index contributed by atoms with van der Waals surface area (Å²) >= 11 is 0. The second kappa shape index (κ2) is 17.9. The highest BCUT2D eigenvalue weighted by atomic mass is 16.5. The van der Waals surface area contributed by atoms with Gasteiger partial charge in [-0.25, -0.2) is 0 Å². The molecule has 4 aliphatic carbocycles. The van der Waals surface area contributed by atoms with Gasteiger partial charge in [-0.15, -0.1) is 0 Å². The lowest BCUT2D eigenvalue weighted by Crippen LogP contribution is -2.47. The third-order valence-electron chi connectivity index (χ3n) is 9.23. The van der Waals surface area contributed by atoms with E-state index in [4.69, 9.17) is 9.47 Å². The molecule has 0 radical (unpaired) electrons. The van der Waals surface area contributed by atoms with Crippen molar-refractivity contribution in [2.75, 3.05) is 19.8 Å². The fraction of sp³-hybridized carbons (Fsp3) is 0.824. The molecule has 1 unspecified atom stereocenters. The van der Waals surface area contributed by atoms with Gasteiger partial charge in [-0.3, -0.25) is 9.59 Å². The van der Waals surface area contributed by atoms with Gasteiger partial charge < -0.3 is 14.6 Å². The van der Waals surface area contributed by atoms with Crippen LogP contribution in [-0.2, 0) is 19.1 Å². The molecule has 0 aromatic carbocycles. The van der Waals surface area contributed by atoms with Crippen LogP contribution >= 0.6 is 0 Å². The lowest BCUT2D eigenvalue weighted by atomic mass is 9.49. The standard InChI is InChI=1S/C34H56O5/c1-2-3-4-5-6-7-8-9-10-11-12-13-14-15-16-17-32(36)38-26-31(25-35)27-39-33(37)24-34-21-28-18-29(22-34)20-30(19-28)23-34/h6-7,9-10,28-31,35H,2-5,8,11-27H2,1H3/b7-6?,10-9-. The number of carbonyl (C=O) groups excluding carboxylic acids is 2. The Balaban J connectivity index is 1.15. The van der Waals surface area contributed by atoms with Crippen molar-refractivity contribution in [3.63, 3.8) is 0 Å². The second-order valence-electron chi connectivity index (χ2n) is 13.0. The Morgan fingerprint density at radius 1 is 0.769 bits per heavy atom. The number of hydrogen-bond donors (Lipinski definition) is 1. The molecule has 0 saturated heterocycles. The number of aliphatic hydroxyl groups is 1. The highest BCUT2D eigenvalue weighted by Crippen LogP contribution is 2.61. The van der Waals surface area contributed by atoms with Gasteiger partial charge in [0, 0.05) is 6.42 Å². The minimum absolute atomic E-state index is 0.111. The summed E-state index contributed by atoms with van der Waals surface area (Å²) in [6.45, 7) is 2.32. The van der Waals surface area contributed by atoms with Crippen LogP contribution in [0.25, 0.3) is 0 Å². The van der Waals surface area contributed by atoms with Gasteiger partial charge in [0.25, 0.3) is 0 Å². The van der Waals surface area contributed by atoms with E-state index in [1.54, 1.807) is 0 Å². The smallest absolute Gasteiger partial charge is 0.306 e. The van der Waals surface area contributed by atoms with Gasteiger partial charge in [-0.2, -0.15) is 0 Å². The third-order valence-corrected chi connectivity index (χ3v) is 9.23. The Kier molecular flexibility index (Phi) is 14.7. The fourth-order valence-corrected chi connectivity index (χ4v) is 7.59. The summed E-state index contributed by atoms with van der Waals surface area (Å²) < 4.78 is 10.9. The van der Waals surface area contributed by atoms with Crippen LogP contribution in [-0.4, -0.2) is 36.9 Å². The van der Waals surface area contributed by atoms with E-state index in [0.29, 0.717) is 12.8 Å². The average Bonchev–Trinajstić information content (AvgIpc) is 2.90. The number of allylic oxidation sites excluding steroid dienone is 4. The maximum atomic E-state index is 12.6. The third kappa shape index (κ3) is 12.2. The number of esters is 2. The predicted molar refractivity (Wildman–Crippen MR) is 157 cm³/mol. The molecular weight excluding hydrogens is 488 g/mol. The maximum Gasteiger partial charge on any atom is 0.306 e. The molecule has 39 heavy (non-hydrogen) atoms. The summed E-state index contributed by atoms with van der Waals surface area (Å²) in [5.41, 5.74) is 0.161. The summed E-state index contributed by atoms with van der Waals surface area (Å²) in [5, 5.41) is 9.68. The molecule has 4 bridgehead atoms. The van der Waals surface area contributed by atoms with Crippen molar-refractivity contribution in [3.05, 3.63) is 24.3 Å². The predicted octanol–water partition coefficient (Wildman–Crippen LogP) is 8.10. The van der Waals surface area contributed by atoms with E-state index in [2.05, 4.69) is 31.2 Å². The van der Waals surface area contributed by atoms with Crippen LogP contribution in [0.2, 0.25) is 0 Å². The molecule has 0 heterocycles. The minimum atomic E-state index is -0.348. The van der Waals surface area contributed by atoms with E-state index in [1.165, 1.54) is 77.0 Å². The number of aliphatic hydroxyl groups excluding tert-OH is 1. The highest BCUT2D eigenvalue weighted by molar-refractivity contribution is 5.70. The number of unbranched alkanes of at least 4 members (excludes halogenated alkanes) is 8. The topological polar surface area (TPSA) is 72.8 Å². The van der Waals surface area contributed by atoms with Gasteiger partial charge in [0.15, 0.2) is 0 Å². The minimum Gasteiger partial charge on any atom is -0.465 e. The first-order chi connectivity index (χ1) is 19.0. The monoisotopic (exact) mass is 544 g/mol. The number of ether oxygens (including phenoxy) is 2. The zero-order valence-electron chi connectivity index (χ0n) is 24.8. The van der Waals surface area contributed by atoms with Crippen molar-refractivity contribution < 1.29 is 24.2 Å². The summed E-state index contributed by atoms with van der Waals surface area (Å²) in [5.74, 6) is 1.72. The quantitative estimate of drug-likeness (QED) is 0.0898. The molecule has 0 aromatic heterocycles. The summed E-state index contributed by atoms with van der Waals surface area (Å²) in [7, 11) is 0. The molecule has 0 amide bonds. The number of rotatable bonds is 21. The highest BCUT2D eigenvalue weighted by Gasteiger charge is 2.51. The fourth-order valence-electron chi connectivity index (χ4n) is 7.59. The van der Waals surface area contributed by atoms with E-state index in [1.807, 2.05) is 0 Å². The molecule has 5 heteroatoms. The Bertz CT molecular complexity index is 734. The zero-order chi connectivity index (χ0) is 27.8. The van der Waals surface area contributed by atoms with Crippen molar-refractivity contribution >= 4 is 11.9 Å². The van der Waals surface area contributed by atoms with Crippen molar-refractivity contribution in [3.8, 4) is 0 Å². The Morgan fingerprint density at radius 3 is 1.90 bits per heavy atom. The largest absolute Gasteiger partial charge is 0.465 e. The molecule has 0 spiro atoms. The Hall–Kier alpha value is -1.62. The molecule has 4 rings (SSSR count). The van der Waals surface area contributed by atoms with E-state index >= 15 is 0 Å². The lowest BCUT2D eigenvalue weighted by molar-refractivity contribution is -0.155. The zero-order valence-corrected chi connectivity index (χ0v) is 24.8. The van der Waals surface area contributed by atoms with Gasteiger partial charge in [0.05, 0.1) is 32.2 Å². The summed E-state index contributed by atoms with van der Waals surface area (Å²) in [4.78, 5) is 24.8. The van der Waals surface area contributed by atoms with Crippen molar-refractivity contribution in [1.82, 2.24) is 0 Å². The van der Waals surface area contributed by atoms with Gasteiger partial charge in [0.1, 0.15) is 0 Å². The number of hydrogen-bond acceptors (Lipinski definition) is 5. The first kappa shape index (κ1) is 31.9. The number of carbonyl (C=O) groups is 2. The van der Waals surface area contributed by atoms with Crippen molar-refractivity contribution in [2.24, 2.45) is 29.1 Å². The van der Waals surface area contributed by atoms with Crippen LogP contribution < -0.4 is 0 Å². The van der Waals surface area contributed by atoms with Crippen LogP contribution in [0.3, 0.4) is 0 Å². The van der Waals surface area contributed by atoms with Gasteiger partial charge in [-0.05, 0) is 100 Å². The molecule has 222 valence electrons. The summed E-state index contributed by atoms with van der Waals surface area (Å²) in [6, 6.07) is 0. The van der Waals surface area contributed by atoms with Crippen LogP contribution in [0.1, 0.15) is 129 Å². The Morgan fingerprint density at radius 2 is 1.31 bits per heavy atom. The molecule has 0 aromatic rings. The molecule has 0 aliphatic heterocycles. The lowest BCUT2D eigenvalue weighted by Gasteiger charge is -2.56. The van der Waals surface area contributed by atoms with Crippen molar-refractivity contribution in [1.29, 1.82) is 0 Å². The SMILES string of the molecule is CCCCCC=CC/C=C\CCCCCCCC(=O)OCC(CO)COC(=O)CC12CC3CC(CC(C3)C1)C2. The second-order valence-corrected chi connectivity index (χ2v) is 13.0. The molecule has 1 N–H and O–H groups in total. The van der Waals surface area contributed by atoms with Crippen molar-refractivity contribution in [2.45, 2.75) is 129 Å². The molecule has 5 nitrogen and oxygen atoms in total. The van der Waals surface area contributed by atoms with E-state index in [-0.39, 0.29) is 43.1 Å². The van der Waals surface area contributed by atoms with E-state index < -0.39 is 0 Å². The van der Waals surface area contributed by atoms with Gasteiger partial charge in [-0.1, -0.05) is 63.3 Å². The molecular formula is C34H56O5. The Labute approximate surface area is 238 Å². The molecule has 1 atom stereocenters. The average molecular weight is 545 g/mol. The van der Waals surface area contributed by atoms with E-state index in [0.717, 1.165) is 49.9 Å². The van der Waals surface area contributed by atoms with E-state index in [9.17, 15) is 14.7 Å². The first-order valence-electron chi connectivity index (χ1n) is 16.2. The van der Waals surface area contributed by atoms with Gasteiger partial charge in [0.2, 0.25) is 0 Å². The van der Waals surface area contributed by atoms with Crippen LogP contribution in [0.15, 0.2) is 24.3 Å².